The summed E-state index contributed by atoms with van der Waals surface area (Å²) >= 11 is 0. The lowest BCUT2D eigenvalue weighted by Crippen LogP contribution is -2.33. The van der Waals surface area contributed by atoms with Gasteiger partial charge in [0.25, 0.3) is 5.91 Å². The van der Waals surface area contributed by atoms with Gasteiger partial charge in [0.05, 0.1) is 34.9 Å². The van der Waals surface area contributed by atoms with Crippen molar-refractivity contribution in [1.82, 2.24) is 9.97 Å². The third-order valence-corrected chi connectivity index (χ3v) is 6.38. The molecule has 0 spiro atoms. The molecule has 0 aliphatic heterocycles. The van der Waals surface area contributed by atoms with E-state index in [1.165, 1.54) is 18.2 Å². The van der Waals surface area contributed by atoms with E-state index < -0.39 is 17.5 Å². The number of anilines is 2. The number of halogens is 2. The molecule has 4 rings (SSSR count). The maximum absolute atomic E-state index is 14.2. The second-order valence-electron chi connectivity index (χ2n) is 8.76. The Morgan fingerprint density at radius 2 is 1.76 bits per heavy atom. The molecule has 33 heavy (non-hydrogen) atoms. The van der Waals surface area contributed by atoms with Gasteiger partial charge in [-0.3, -0.25) is 9.78 Å². The maximum Gasteiger partial charge on any atom is 0.276 e. The summed E-state index contributed by atoms with van der Waals surface area (Å²) in [7, 11) is 0. The molecule has 1 aliphatic rings. The molecule has 4 N–H and O–H groups in total. The number of hydrogen-bond donors (Lipinski definition) is 3. The lowest BCUT2D eigenvalue weighted by atomic mass is 9.72. The lowest BCUT2D eigenvalue weighted by molar-refractivity contribution is 0.0252. The van der Waals surface area contributed by atoms with Crippen LogP contribution in [0.5, 0.6) is 0 Å². The normalized spacial score (nSPS) is 22.7. The van der Waals surface area contributed by atoms with Crippen LogP contribution in [0, 0.1) is 23.5 Å². The molecule has 1 aromatic carbocycles. The van der Waals surface area contributed by atoms with Crippen LogP contribution in [0.25, 0.3) is 11.3 Å². The van der Waals surface area contributed by atoms with Gasteiger partial charge in [-0.05, 0) is 66.5 Å². The molecule has 0 unspecified atom stereocenters. The first-order valence-electron chi connectivity index (χ1n) is 10.9. The second kappa shape index (κ2) is 9.23. The largest absolute Gasteiger partial charge is 0.397 e. The highest BCUT2D eigenvalue weighted by molar-refractivity contribution is 6.06. The van der Waals surface area contributed by atoms with Crippen LogP contribution in [-0.2, 0) is 0 Å². The molecule has 0 radical (unpaired) electrons. The first kappa shape index (κ1) is 22.8. The van der Waals surface area contributed by atoms with Crippen LogP contribution in [0.1, 0.15) is 48.7 Å². The monoisotopic (exact) mass is 452 g/mol. The summed E-state index contributed by atoms with van der Waals surface area (Å²) in [6.07, 6.45) is 4.43. The fourth-order valence-corrected chi connectivity index (χ4v) is 4.67. The molecule has 2 aromatic heterocycles. The zero-order chi connectivity index (χ0) is 23.7. The summed E-state index contributed by atoms with van der Waals surface area (Å²) in [5, 5.41) is 13.1. The molecule has 1 fully saturated rings. The number of nitrogen functional groups attached to an aromatic ring is 1. The summed E-state index contributed by atoms with van der Waals surface area (Å²) in [6, 6.07) is 8.15. The molecular formula is C25H26F2N4O2. The Hall–Kier alpha value is -3.39. The van der Waals surface area contributed by atoms with Gasteiger partial charge in [0.1, 0.15) is 11.6 Å². The standard InChI is InChI=1S/C25H26F2N4O2/c1-13-10-15(11-14(2)24(13)32)16-8-9-29-12-21(16)31-25(33)23-19(28)6-7-20(30-23)22-17(26)4-3-5-18(22)27/h3-9,12-15,24,32H,10-11,28H2,1-2H3,(H,31,33)/t13-,14-,15?,24?/m1/s1. The Morgan fingerprint density at radius 1 is 1.09 bits per heavy atom. The van der Waals surface area contributed by atoms with Gasteiger partial charge in [-0.25, -0.2) is 13.8 Å². The molecule has 0 bridgehead atoms. The van der Waals surface area contributed by atoms with Crippen LogP contribution in [-0.4, -0.2) is 27.1 Å². The van der Waals surface area contributed by atoms with Crippen LogP contribution < -0.4 is 11.1 Å². The minimum Gasteiger partial charge on any atom is -0.397 e. The van der Waals surface area contributed by atoms with Gasteiger partial charge in [-0.1, -0.05) is 19.9 Å². The van der Waals surface area contributed by atoms with Crippen LogP contribution in [0.4, 0.5) is 20.2 Å². The van der Waals surface area contributed by atoms with E-state index in [0.717, 1.165) is 30.5 Å². The Bertz CT molecular complexity index is 1150. The number of benzene rings is 1. The van der Waals surface area contributed by atoms with E-state index in [1.54, 1.807) is 12.4 Å². The summed E-state index contributed by atoms with van der Waals surface area (Å²) < 4.78 is 28.5. The first-order chi connectivity index (χ1) is 15.8. The molecule has 6 nitrogen and oxygen atoms in total. The molecule has 1 aliphatic carbocycles. The smallest absolute Gasteiger partial charge is 0.276 e. The van der Waals surface area contributed by atoms with Crippen molar-refractivity contribution < 1.29 is 18.7 Å². The average molecular weight is 453 g/mol. The Kier molecular flexibility index (Phi) is 6.37. The van der Waals surface area contributed by atoms with Gasteiger partial charge < -0.3 is 16.2 Å². The highest BCUT2D eigenvalue weighted by atomic mass is 19.1. The maximum atomic E-state index is 14.2. The third kappa shape index (κ3) is 4.57. The first-order valence-corrected chi connectivity index (χ1v) is 10.9. The number of rotatable bonds is 4. The number of amides is 1. The molecule has 2 atom stereocenters. The predicted molar refractivity (Wildman–Crippen MR) is 123 cm³/mol. The minimum atomic E-state index is -0.782. The lowest BCUT2D eigenvalue weighted by Gasteiger charge is -2.36. The van der Waals surface area contributed by atoms with Crippen molar-refractivity contribution in [2.75, 3.05) is 11.1 Å². The molecule has 3 aromatic rings. The summed E-state index contributed by atoms with van der Waals surface area (Å²) in [4.78, 5) is 21.4. The molecule has 1 amide bonds. The van der Waals surface area contributed by atoms with Gasteiger partial charge in [0.15, 0.2) is 5.69 Å². The van der Waals surface area contributed by atoms with Crippen LogP contribution in [0.3, 0.4) is 0 Å². The number of carbonyl (C=O) groups excluding carboxylic acids is 1. The van der Waals surface area contributed by atoms with E-state index in [1.807, 2.05) is 19.9 Å². The molecule has 8 heteroatoms. The predicted octanol–water partition coefficient (Wildman–Crippen LogP) is 4.77. The fraction of sp³-hybridized carbons (Fsp3) is 0.320. The number of carbonyl (C=O) groups is 1. The molecule has 2 heterocycles. The highest BCUT2D eigenvalue weighted by Gasteiger charge is 2.33. The number of aromatic nitrogens is 2. The Balaban J connectivity index is 1.64. The zero-order valence-electron chi connectivity index (χ0n) is 18.4. The number of nitrogens with two attached hydrogens (primary N) is 1. The van der Waals surface area contributed by atoms with Crippen molar-refractivity contribution in [3.63, 3.8) is 0 Å². The molecule has 1 saturated carbocycles. The Morgan fingerprint density at radius 3 is 2.42 bits per heavy atom. The number of nitrogens with one attached hydrogen (secondary N) is 1. The number of hydrogen-bond acceptors (Lipinski definition) is 5. The van der Waals surface area contributed by atoms with Crippen molar-refractivity contribution >= 4 is 17.3 Å². The van der Waals surface area contributed by atoms with Crippen LogP contribution in [0.15, 0.2) is 48.8 Å². The van der Waals surface area contributed by atoms with Crippen molar-refractivity contribution in [2.24, 2.45) is 11.8 Å². The molecule has 172 valence electrons. The van der Waals surface area contributed by atoms with Gasteiger partial charge in [-0.2, -0.15) is 0 Å². The number of pyridine rings is 2. The van der Waals surface area contributed by atoms with E-state index in [2.05, 4.69) is 15.3 Å². The quantitative estimate of drug-likeness (QED) is 0.530. The number of nitrogens with zero attached hydrogens (tertiary/aromatic N) is 2. The van der Waals surface area contributed by atoms with E-state index in [9.17, 15) is 18.7 Å². The van der Waals surface area contributed by atoms with E-state index in [-0.39, 0.29) is 46.5 Å². The van der Waals surface area contributed by atoms with Crippen molar-refractivity contribution in [3.8, 4) is 11.3 Å². The summed E-state index contributed by atoms with van der Waals surface area (Å²) in [5.74, 6) is -1.77. The minimum absolute atomic E-state index is 0.0275. The van der Waals surface area contributed by atoms with Crippen LogP contribution >= 0.6 is 0 Å². The van der Waals surface area contributed by atoms with E-state index in [4.69, 9.17) is 5.73 Å². The molecular weight excluding hydrogens is 426 g/mol. The van der Waals surface area contributed by atoms with Crippen molar-refractivity contribution in [2.45, 2.75) is 38.7 Å². The van der Waals surface area contributed by atoms with Gasteiger partial charge in [-0.15, -0.1) is 0 Å². The van der Waals surface area contributed by atoms with E-state index >= 15 is 0 Å². The van der Waals surface area contributed by atoms with E-state index in [0.29, 0.717) is 5.69 Å². The Labute approximate surface area is 190 Å². The number of aliphatic hydroxyl groups is 1. The van der Waals surface area contributed by atoms with Crippen LogP contribution in [0.2, 0.25) is 0 Å². The molecule has 0 saturated heterocycles. The second-order valence-corrected chi connectivity index (χ2v) is 8.76. The number of aliphatic hydroxyl groups excluding tert-OH is 1. The fourth-order valence-electron chi connectivity index (χ4n) is 4.67. The van der Waals surface area contributed by atoms with Gasteiger partial charge >= 0.3 is 0 Å². The average Bonchev–Trinajstić information content (AvgIpc) is 2.78. The van der Waals surface area contributed by atoms with Crippen molar-refractivity contribution in [3.05, 3.63) is 71.7 Å². The van der Waals surface area contributed by atoms with Gasteiger partial charge in [0.2, 0.25) is 0 Å². The topological polar surface area (TPSA) is 101 Å². The van der Waals surface area contributed by atoms with Gasteiger partial charge in [0, 0.05) is 6.20 Å². The zero-order valence-corrected chi connectivity index (χ0v) is 18.4. The summed E-state index contributed by atoms with van der Waals surface area (Å²) in [6.45, 7) is 4.04. The third-order valence-electron chi connectivity index (χ3n) is 6.38. The summed E-state index contributed by atoms with van der Waals surface area (Å²) in [5.41, 5.74) is 7.01. The SMILES string of the molecule is C[C@@H]1CC(c2ccncc2NC(=O)c2nc(-c3c(F)cccc3F)ccc2N)C[C@@H](C)C1O. The highest BCUT2D eigenvalue weighted by Crippen LogP contribution is 2.41. The van der Waals surface area contributed by atoms with Crippen molar-refractivity contribution in [1.29, 1.82) is 0 Å².